The zero-order valence-corrected chi connectivity index (χ0v) is 20.4. The molecule has 0 unspecified atom stereocenters. The molecule has 1 aromatic heterocycles. The van der Waals surface area contributed by atoms with Gasteiger partial charge in [0.05, 0.1) is 35.8 Å². The van der Waals surface area contributed by atoms with E-state index in [2.05, 4.69) is 46.7 Å². The van der Waals surface area contributed by atoms with Crippen LogP contribution < -0.4 is 15.0 Å². The van der Waals surface area contributed by atoms with Crippen LogP contribution in [0.2, 0.25) is 0 Å². The summed E-state index contributed by atoms with van der Waals surface area (Å²) in [6.07, 6.45) is 0.694. The number of hydrogen-bond donors (Lipinski definition) is 0. The van der Waals surface area contributed by atoms with Gasteiger partial charge < -0.3 is 14.2 Å². The first-order chi connectivity index (χ1) is 14.7. The second-order valence-corrected chi connectivity index (χ2v) is 8.27. The van der Waals surface area contributed by atoms with Crippen molar-refractivity contribution < 1.29 is 19.0 Å². The van der Waals surface area contributed by atoms with Crippen molar-refractivity contribution in [2.75, 3.05) is 14.2 Å². The fourth-order valence-corrected chi connectivity index (χ4v) is 3.75. The van der Waals surface area contributed by atoms with Crippen molar-refractivity contribution in [2.24, 2.45) is 5.10 Å². The molecule has 0 bridgehead atoms. The number of rotatable bonds is 6. The van der Waals surface area contributed by atoms with Gasteiger partial charge >= 0.3 is 5.97 Å². The van der Waals surface area contributed by atoms with E-state index in [0.29, 0.717) is 38.3 Å². The maximum atomic E-state index is 12.9. The lowest BCUT2D eigenvalue weighted by molar-refractivity contribution is -0.147. The molecule has 1 heterocycles. The average molecular weight is 553 g/mol. The van der Waals surface area contributed by atoms with Gasteiger partial charge in [-0.05, 0) is 65.7 Å². The van der Waals surface area contributed by atoms with Crippen molar-refractivity contribution in [1.29, 1.82) is 0 Å². The minimum Gasteiger partial charge on any atom is -0.493 e. The molecule has 8 nitrogen and oxygen atoms in total. The van der Waals surface area contributed by atoms with Crippen molar-refractivity contribution in [3.8, 4) is 11.5 Å². The molecule has 0 saturated carbocycles. The number of esters is 1. The molecule has 162 valence electrons. The molecule has 0 amide bonds. The van der Waals surface area contributed by atoms with Crippen molar-refractivity contribution >= 4 is 54.9 Å². The quantitative estimate of drug-likeness (QED) is 0.338. The third-order valence-corrected chi connectivity index (χ3v) is 5.45. The van der Waals surface area contributed by atoms with Gasteiger partial charge in [-0.2, -0.15) is 9.78 Å². The number of carbonyl (C=O) groups is 1. The van der Waals surface area contributed by atoms with Gasteiger partial charge in [-0.15, -0.1) is 0 Å². The molecule has 3 aromatic rings. The third kappa shape index (κ3) is 4.96. The number of benzene rings is 2. The number of methoxy groups -OCH3 is 2. The minimum absolute atomic E-state index is 0.280. The highest BCUT2D eigenvalue weighted by Gasteiger charge is 2.20. The Bertz CT molecular complexity index is 1240. The number of nitrogens with zero attached hydrogens (tertiary/aromatic N) is 3. The summed E-state index contributed by atoms with van der Waals surface area (Å²) in [5.74, 6) is 0.679. The number of carbonyl (C=O) groups excluding carboxylic acids is 1. The van der Waals surface area contributed by atoms with Crippen molar-refractivity contribution in [1.82, 2.24) is 9.66 Å². The third-order valence-electron chi connectivity index (χ3n) is 4.37. The first-order valence-corrected chi connectivity index (χ1v) is 10.7. The second kappa shape index (κ2) is 9.61. The molecule has 3 rings (SSSR count). The smallest absolute Gasteiger partial charge is 0.346 e. The van der Waals surface area contributed by atoms with E-state index < -0.39 is 12.1 Å². The Balaban J connectivity index is 1.99. The Morgan fingerprint density at radius 3 is 2.65 bits per heavy atom. The number of ether oxygens (including phenoxy) is 3. The van der Waals surface area contributed by atoms with Crippen LogP contribution in [0.1, 0.15) is 18.3 Å². The van der Waals surface area contributed by atoms with Gasteiger partial charge in [0.1, 0.15) is 5.82 Å². The van der Waals surface area contributed by atoms with Crippen LogP contribution in [0.15, 0.2) is 49.2 Å². The largest absolute Gasteiger partial charge is 0.493 e. The van der Waals surface area contributed by atoms with E-state index >= 15 is 0 Å². The van der Waals surface area contributed by atoms with Crippen molar-refractivity contribution in [2.45, 2.75) is 20.0 Å². The highest BCUT2D eigenvalue weighted by atomic mass is 79.9. The van der Waals surface area contributed by atoms with Gasteiger partial charge in [0.25, 0.3) is 5.56 Å². The fraction of sp³-hybridized carbons (Fsp3) is 0.238. The second-order valence-electron chi connectivity index (χ2n) is 6.50. The monoisotopic (exact) mass is 551 g/mol. The van der Waals surface area contributed by atoms with Gasteiger partial charge in [-0.1, -0.05) is 15.9 Å². The summed E-state index contributed by atoms with van der Waals surface area (Å²) in [7, 11) is 2.77. The van der Waals surface area contributed by atoms with E-state index in [9.17, 15) is 9.59 Å². The van der Waals surface area contributed by atoms with Crippen LogP contribution in [0.3, 0.4) is 0 Å². The summed E-state index contributed by atoms with van der Waals surface area (Å²) >= 11 is 6.80. The number of fused-ring (bicyclic) bond motifs is 1. The molecule has 0 saturated heterocycles. The van der Waals surface area contributed by atoms with Crippen LogP contribution in [0.5, 0.6) is 11.5 Å². The Kier molecular flexibility index (Phi) is 7.11. The molecule has 31 heavy (non-hydrogen) atoms. The molecule has 0 radical (unpaired) electrons. The maximum Gasteiger partial charge on any atom is 0.346 e. The van der Waals surface area contributed by atoms with E-state index in [0.717, 1.165) is 4.47 Å². The molecule has 0 aliphatic heterocycles. The molecule has 0 N–H and O–H groups in total. The highest BCUT2D eigenvalue weighted by Crippen LogP contribution is 2.37. The summed E-state index contributed by atoms with van der Waals surface area (Å²) in [5, 5.41) is 4.77. The Morgan fingerprint density at radius 1 is 1.23 bits per heavy atom. The van der Waals surface area contributed by atoms with Crippen LogP contribution >= 0.6 is 31.9 Å². The van der Waals surface area contributed by atoms with Crippen LogP contribution in [0, 0.1) is 6.92 Å². The molecule has 0 aliphatic carbocycles. The van der Waals surface area contributed by atoms with E-state index in [1.807, 2.05) is 6.07 Å². The maximum absolute atomic E-state index is 12.9. The predicted octanol–water partition coefficient (Wildman–Crippen LogP) is 4.06. The Morgan fingerprint density at radius 2 is 1.97 bits per heavy atom. The summed E-state index contributed by atoms with van der Waals surface area (Å²) in [6, 6.07) is 8.73. The zero-order chi connectivity index (χ0) is 22.7. The minimum atomic E-state index is -0.820. The highest BCUT2D eigenvalue weighted by molar-refractivity contribution is 9.10. The molecule has 0 spiro atoms. The summed E-state index contributed by atoms with van der Waals surface area (Å²) in [5.41, 5.74) is 0.961. The van der Waals surface area contributed by atoms with Gasteiger partial charge in [-0.3, -0.25) is 4.79 Å². The first kappa shape index (κ1) is 23.0. The molecule has 10 heteroatoms. The average Bonchev–Trinajstić information content (AvgIpc) is 2.74. The number of halogens is 2. The molecular weight excluding hydrogens is 534 g/mol. The fourth-order valence-electron chi connectivity index (χ4n) is 2.84. The van der Waals surface area contributed by atoms with Gasteiger partial charge in [0, 0.05) is 4.47 Å². The zero-order valence-electron chi connectivity index (χ0n) is 17.2. The molecular formula is C21H19Br2N3O5. The number of aromatic nitrogens is 2. The number of hydrogen-bond acceptors (Lipinski definition) is 7. The number of aryl methyl sites for hydroxylation is 1. The topological polar surface area (TPSA) is 92.0 Å². The molecule has 0 aliphatic rings. The lowest BCUT2D eigenvalue weighted by Gasteiger charge is -2.17. The molecule has 1 atom stereocenters. The summed E-state index contributed by atoms with van der Waals surface area (Å²) < 4.78 is 18.3. The molecule has 0 fully saturated rings. The first-order valence-electron chi connectivity index (χ1n) is 9.10. The van der Waals surface area contributed by atoms with Gasteiger partial charge in [-0.25, -0.2) is 9.78 Å². The Labute approximate surface area is 195 Å². The van der Waals surface area contributed by atoms with E-state index in [4.69, 9.17) is 9.47 Å². The normalized spacial score (nSPS) is 12.2. The lowest BCUT2D eigenvalue weighted by Crippen LogP contribution is -2.25. The molecule has 2 aromatic carbocycles. The van der Waals surface area contributed by atoms with Crippen LogP contribution in [0.25, 0.3) is 10.9 Å². The summed E-state index contributed by atoms with van der Waals surface area (Å²) in [6.45, 7) is 3.29. The van der Waals surface area contributed by atoms with E-state index in [1.165, 1.54) is 25.1 Å². The predicted molar refractivity (Wildman–Crippen MR) is 124 cm³/mol. The SMILES string of the molecule is COC(=O)[C@H](C)Oc1c(Br)cc(C=Nn2c(C)nc3ccc(Br)cc3c2=O)cc1OC. The lowest BCUT2D eigenvalue weighted by atomic mass is 10.2. The van der Waals surface area contributed by atoms with Crippen LogP contribution in [-0.2, 0) is 9.53 Å². The van der Waals surface area contributed by atoms with Crippen molar-refractivity contribution in [3.63, 3.8) is 0 Å². The van der Waals surface area contributed by atoms with E-state index in [-0.39, 0.29) is 5.56 Å². The Hall–Kier alpha value is -2.72. The van der Waals surface area contributed by atoms with Gasteiger partial charge in [0.15, 0.2) is 17.6 Å². The van der Waals surface area contributed by atoms with E-state index in [1.54, 1.807) is 38.1 Å². The standard InChI is InChI=1S/C21H19Br2N3O5/c1-11(21(28)30-4)31-19-16(23)7-13(8-18(19)29-3)10-24-26-12(2)25-17-6-5-14(22)9-15(17)20(26)27/h5-11H,1-4H3/t11-/m0/s1. The van der Waals surface area contributed by atoms with Crippen LogP contribution in [0.4, 0.5) is 0 Å². The van der Waals surface area contributed by atoms with Gasteiger partial charge in [0.2, 0.25) is 0 Å². The van der Waals surface area contributed by atoms with Crippen LogP contribution in [-0.4, -0.2) is 42.2 Å². The van der Waals surface area contributed by atoms with Crippen molar-refractivity contribution in [3.05, 3.63) is 61.0 Å². The summed E-state index contributed by atoms with van der Waals surface area (Å²) in [4.78, 5) is 29.0.